The molecule has 0 saturated heterocycles. The van der Waals surface area contributed by atoms with E-state index in [-0.39, 0.29) is 18.2 Å². The van der Waals surface area contributed by atoms with E-state index in [4.69, 9.17) is 10.2 Å². The average molecular weight is 611 g/mol. The summed E-state index contributed by atoms with van der Waals surface area (Å²) in [5, 5.41) is 6.41. The highest BCUT2D eigenvalue weighted by atomic mass is 32.2. The van der Waals surface area contributed by atoms with Gasteiger partial charge >= 0.3 is 0 Å². The molecule has 1 aliphatic heterocycles. The van der Waals surface area contributed by atoms with E-state index in [1.54, 1.807) is 35.1 Å². The number of aryl methyl sites for hydroxylation is 1. The summed E-state index contributed by atoms with van der Waals surface area (Å²) in [5.41, 5.74) is 10.0. The van der Waals surface area contributed by atoms with Crippen LogP contribution in [0.2, 0.25) is 0 Å². The Morgan fingerprint density at radius 1 is 1.05 bits per heavy atom. The van der Waals surface area contributed by atoms with Gasteiger partial charge < -0.3 is 25.7 Å². The number of nitrogens with one attached hydrogen (secondary N) is 2. The van der Waals surface area contributed by atoms with E-state index >= 15 is 0 Å². The van der Waals surface area contributed by atoms with E-state index in [1.807, 2.05) is 80.8 Å². The third-order valence-corrected chi connectivity index (χ3v) is 8.63. The molecule has 2 heterocycles. The van der Waals surface area contributed by atoms with Crippen LogP contribution < -0.4 is 21.3 Å². The summed E-state index contributed by atoms with van der Waals surface area (Å²) in [6.07, 6.45) is 5.03. The average Bonchev–Trinajstić information content (AvgIpc) is 3.51. The van der Waals surface area contributed by atoms with Gasteiger partial charge in [-0.25, -0.2) is 0 Å². The second kappa shape index (κ2) is 13.5. The van der Waals surface area contributed by atoms with Crippen molar-refractivity contribution in [3.8, 4) is 11.1 Å². The Labute approximate surface area is 262 Å². The lowest BCUT2D eigenvalue weighted by Crippen LogP contribution is -2.50. The Bertz CT molecular complexity index is 1630. The van der Waals surface area contributed by atoms with E-state index < -0.39 is 17.5 Å². The molecule has 3 amide bonds. The summed E-state index contributed by atoms with van der Waals surface area (Å²) in [4.78, 5) is 42.2. The fraction of sp³-hybridized carbons (Fsp3) is 0.286. The molecule has 0 aliphatic carbocycles. The standard InChI is InChI=1S/C35H38N4O4S/c1-35(2,37-21-26-7-6-18-43-26)20-32(40)38-30-16-14-25-19-27(44-3)15-17-31(25)39(34(30)42)22-23-10-12-24(13-11-23)28-8-4-5-9-29(28)33(36)41/h4-13,15,17-19,30,37H,14,16,20-22H2,1-3H3,(H2,36,41)(H,38,40). The van der Waals surface area contributed by atoms with Gasteiger partial charge in [0.05, 0.1) is 19.4 Å². The molecule has 0 saturated carbocycles. The third-order valence-electron chi connectivity index (χ3n) is 7.90. The van der Waals surface area contributed by atoms with Gasteiger partial charge in [-0.1, -0.05) is 42.5 Å². The van der Waals surface area contributed by atoms with Crippen LogP contribution in [0.5, 0.6) is 0 Å². The van der Waals surface area contributed by atoms with Crippen LogP contribution in [0.1, 0.15) is 53.9 Å². The molecule has 5 rings (SSSR count). The van der Waals surface area contributed by atoms with E-state index in [2.05, 4.69) is 16.7 Å². The maximum Gasteiger partial charge on any atom is 0.249 e. The fourth-order valence-corrected chi connectivity index (χ4v) is 6.01. The third kappa shape index (κ3) is 7.41. The van der Waals surface area contributed by atoms with Crippen molar-refractivity contribution in [3.63, 3.8) is 0 Å². The number of amides is 3. The number of primary amides is 1. The first-order valence-corrected chi connectivity index (χ1v) is 15.9. The molecule has 0 spiro atoms. The van der Waals surface area contributed by atoms with Crippen LogP contribution in [-0.2, 0) is 29.1 Å². The molecule has 4 aromatic rings. The van der Waals surface area contributed by atoms with Gasteiger partial charge in [0, 0.05) is 28.1 Å². The van der Waals surface area contributed by atoms with E-state index in [1.165, 1.54) is 0 Å². The van der Waals surface area contributed by atoms with Crippen molar-refractivity contribution in [1.82, 2.24) is 10.6 Å². The van der Waals surface area contributed by atoms with Gasteiger partial charge in [-0.3, -0.25) is 14.4 Å². The molecule has 1 aliphatic rings. The smallest absolute Gasteiger partial charge is 0.249 e. The number of furan rings is 1. The Hall–Kier alpha value is -4.34. The Morgan fingerprint density at radius 3 is 2.52 bits per heavy atom. The molecule has 0 bridgehead atoms. The van der Waals surface area contributed by atoms with Crippen molar-refractivity contribution in [3.05, 3.63) is 108 Å². The monoisotopic (exact) mass is 610 g/mol. The molecular weight excluding hydrogens is 572 g/mol. The summed E-state index contributed by atoms with van der Waals surface area (Å²) in [6.45, 7) is 4.76. The van der Waals surface area contributed by atoms with Crippen molar-refractivity contribution in [2.45, 2.75) is 62.7 Å². The number of anilines is 1. The first-order chi connectivity index (χ1) is 21.1. The number of hydrogen-bond acceptors (Lipinski definition) is 6. The lowest BCUT2D eigenvalue weighted by Gasteiger charge is -2.29. The Morgan fingerprint density at radius 2 is 1.82 bits per heavy atom. The van der Waals surface area contributed by atoms with Gasteiger partial charge in [0.2, 0.25) is 17.7 Å². The van der Waals surface area contributed by atoms with E-state index in [9.17, 15) is 14.4 Å². The number of thioether (sulfide) groups is 1. The Kier molecular flexibility index (Phi) is 9.56. The highest BCUT2D eigenvalue weighted by molar-refractivity contribution is 7.98. The van der Waals surface area contributed by atoms with Crippen molar-refractivity contribution >= 4 is 35.2 Å². The van der Waals surface area contributed by atoms with Crippen LogP contribution in [0, 0.1) is 0 Å². The predicted molar refractivity (Wildman–Crippen MR) is 174 cm³/mol. The SMILES string of the molecule is CSc1ccc2c(c1)CCC(NC(=O)CC(C)(C)NCc1ccco1)C(=O)N2Cc1ccc(-c2ccccc2C(N)=O)cc1. The summed E-state index contributed by atoms with van der Waals surface area (Å²) < 4.78 is 5.40. The second-order valence-electron chi connectivity index (χ2n) is 11.7. The van der Waals surface area contributed by atoms with Crippen LogP contribution in [0.25, 0.3) is 11.1 Å². The molecule has 1 atom stereocenters. The van der Waals surface area contributed by atoms with Gasteiger partial charge in [0.25, 0.3) is 0 Å². The molecule has 1 unspecified atom stereocenters. The highest BCUT2D eigenvalue weighted by Crippen LogP contribution is 2.33. The highest BCUT2D eigenvalue weighted by Gasteiger charge is 2.33. The van der Waals surface area contributed by atoms with Crippen molar-refractivity contribution < 1.29 is 18.8 Å². The summed E-state index contributed by atoms with van der Waals surface area (Å²) in [6, 6.07) is 24.3. The zero-order chi connectivity index (χ0) is 31.3. The minimum absolute atomic E-state index is 0.140. The van der Waals surface area contributed by atoms with Gasteiger partial charge in [0.1, 0.15) is 11.8 Å². The largest absolute Gasteiger partial charge is 0.468 e. The van der Waals surface area contributed by atoms with Crippen LogP contribution in [0.3, 0.4) is 0 Å². The number of nitrogens with zero attached hydrogens (tertiary/aromatic N) is 1. The number of rotatable bonds is 11. The fourth-order valence-electron chi connectivity index (χ4n) is 5.55. The van der Waals surface area contributed by atoms with Crippen LogP contribution >= 0.6 is 11.8 Å². The van der Waals surface area contributed by atoms with Crippen LogP contribution in [-0.4, -0.2) is 35.6 Å². The molecular formula is C35H38N4O4S. The zero-order valence-corrected chi connectivity index (χ0v) is 26.1. The Balaban J connectivity index is 1.34. The van der Waals surface area contributed by atoms with E-state index in [0.717, 1.165) is 38.6 Å². The number of hydrogen-bond donors (Lipinski definition) is 3. The molecule has 1 aromatic heterocycles. The summed E-state index contributed by atoms with van der Waals surface area (Å²) >= 11 is 1.66. The lowest BCUT2D eigenvalue weighted by molar-refractivity contribution is -0.128. The van der Waals surface area contributed by atoms with Crippen molar-refractivity contribution in [2.75, 3.05) is 11.2 Å². The topological polar surface area (TPSA) is 118 Å². The maximum atomic E-state index is 14.1. The number of carbonyl (C=O) groups excluding carboxylic acids is 3. The van der Waals surface area contributed by atoms with E-state index in [0.29, 0.717) is 31.5 Å². The summed E-state index contributed by atoms with van der Waals surface area (Å²) in [5.74, 6) is -0.0154. The number of benzene rings is 3. The first kappa shape index (κ1) is 31.1. The summed E-state index contributed by atoms with van der Waals surface area (Å²) in [7, 11) is 0. The minimum Gasteiger partial charge on any atom is -0.468 e. The maximum absolute atomic E-state index is 14.1. The normalized spacial score (nSPS) is 15.0. The second-order valence-corrected chi connectivity index (χ2v) is 12.6. The van der Waals surface area contributed by atoms with Gasteiger partial charge in [-0.05, 0) is 91.6 Å². The predicted octanol–water partition coefficient (Wildman–Crippen LogP) is 5.69. The first-order valence-electron chi connectivity index (χ1n) is 14.7. The molecule has 228 valence electrons. The van der Waals surface area contributed by atoms with Gasteiger partial charge in [-0.15, -0.1) is 11.8 Å². The minimum atomic E-state index is -0.657. The van der Waals surface area contributed by atoms with Gasteiger partial charge in [-0.2, -0.15) is 0 Å². The van der Waals surface area contributed by atoms with Crippen molar-refractivity contribution in [2.24, 2.45) is 5.73 Å². The quantitative estimate of drug-likeness (QED) is 0.188. The number of nitrogens with two attached hydrogens (primary N) is 1. The molecule has 4 N–H and O–H groups in total. The molecule has 9 heteroatoms. The van der Waals surface area contributed by atoms with Gasteiger partial charge in [0.15, 0.2) is 0 Å². The molecule has 44 heavy (non-hydrogen) atoms. The van der Waals surface area contributed by atoms with Crippen molar-refractivity contribution in [1.29, 1.82) is 0 Å². The van der Waals surface area contributed by atoms with Crippen LogP contribution in [0.4, 0.5) is 5.69 Å². The molecule has 0 radical (unpaired) electrons. The lowest BCUT2D eigenvalue weighted by atomic mass is 9.98. The van der Waals surface area contributed by atoms with Crippen LogP contribution in [0.15, 0.2) is 94.4 Å². The number of fused-ring (bicyclic) bond motifs is 1. The molecule has 3 aromatic carbocycles. The molecule has 0 fully saturated rings. The zero-order valence-electron chi connectivity index (χ0n) is 25.3. The molecule has 8 nitrogen and oxygen atoms in total. The number of carbonyl (C=O) groups is 3.